The summed E-state index contributed by atoms with van der Waals surface area (Å²) >= 11 is 9.49. The fourth-order valence-electron chi connectivity index (χ4n) is 4.94. The van der Waals surface area contributed by atoms with Gasteiger partial charge in [0.25, 0.3) is 10.0 Å². The van der Waals surface area contributed by atoms with E-state index in [2.05, 4.69) is 21.2 Å². The van der Waals surface area contributed by atoms with Crippen LogP contribution in [0, 0.1) is 6.92 Å². The zero-order valence-corrected chi connectivity index (χ0v) is 26.4. The lowest BCUT2D eigenvalue weighted by Crippen LogP contribution is -2.53. The van der Waals surface area contributed by atoms with Gasteiger partial charge in [0.15, 0.2) is 0 Å². The number of halogens is 2. The SMILES string of the molecule is Cc1ccc(S(=O)(=O)N(CC(=O)N(Cc2ccc(Cl)cc2)[C@H](C)C(=O)NC2CCCCC2)c2cccc(Br)c2)cc1. The first-order valence-corrected chi connectivity index (χ1v) is 16.3. The second-order valence-electron chi connectivity index (χ2n) is 10.5. The van der Waals surface area contributed by atoms with Gasteiger partial charge in [0, 0.05) is 22.1 Å². The Balaban J connectivity index is 1.67. The van der Waals surface area contributed by atoms with Crippen molar-refractivity contribution in [3.63, 3.8) is 0 Å². The number of nitrogens with one attached hydrogen (secondary N) is 1. The Morgan fingerprint density at radius 1 is 1.00 bits per heavy atom. The summed E-state index contributed by atoms with van der Waals surface area (Å²) < 4.78 is 29.6. The van der Waals surface area contributed by atoms with E-state index in [1.807, 2.05) is 6.92 Å². The van der Waals surface area contributed by atoms with E-state index in [9.17, 15) is 18.0 Å². The molecule has 2 amide bonds. The quantitative estimate of drug-likeness (QED) is 0.270. The molecule has 0 spiro atoms. The lowest BCUT2D eigenvalue weighted by molar-refractivity contribution is -0.139. The number of aryl methyl sites for hydroxylation is 1. The van der Waals surface area contributed by atoms with Crippen LogP contribution in [-0.2, 0) is 26.2 Å². The predicted molar refractivity (Wildman–Crippen MR) is 166 cm³/mol. The van der Waals surface area contributed by atoms with E-state index in [1.165, 1.54) is 17.0 Å². The number of hydrogen-bond donors (Lipinski definition) is 1. The van der Waals surface area contributed by atoms with Crippen molar-refractivity contribution in [1.29, 1.82) is 0 Å². The topological polar surface area (TPSA) is 86.8 Å². The monoisotopic (exact) mass is 659 g/mol. The van der Waals surface area contributed by atoms with Gasteiger partial charge >= 0.3 is 0 Å². The number of benzene rings is 3. The Bertz CT molecular complexity index is 1460. The fourth-order valence-corrected chi connectivity index (χ4v) is 6.85. The molecular formula is C31H35BrClN3O4S. The Morgan fingerprint density at radius 3 is 2.29 bits per heavy atom. The van der Waals surface area contributed by atoms with Gasteiger partial charge in [-0.2, -0.15) is 0 Å². The minimum atomic E-state index is -4.12. The highest BCUT2D eigenvalue weighted by molar-refractivity contribution is 9.10. The van der Waals surface area contributed by atoms with E-state index in [4.69, 9.17) is 11.6 Å². The predicted octanol–water partition coefficient (Wildman–Crippen LogP) is 6.47. The van der Waals surface area contributed by atoms with Crippen LogP contribution in [0.15, 0.2) is 82.2 Å². The maximum atomic E-state index is 14.1. The standard InChI is InChI=1S/C31H35BrClN3O4S/c1-22-11-17-29(18-12-22)41(39,40)36(28-10-6-7-25(32)19-28)21-30(37)35(20-24-13-15-26(33)16-14-24)23(2)31(38)34-27-8-4-3-5-9-27/h6-7,10-19,23,27H,3-5,8-9,20-21H2,1-2H3,(H,34,38)/t23-/m1/s1. The second kappa shape index (κ2) is 13.9. The highest BCUT2D eigenvalue weighted by atomic mass is 79.9. The van der Waals surface area contributed by atoms with Crippen LogP contribution in [0.1, 0.15) is 50.2 Å². The van der Waals surface area contributed by atoms with E-state index >= 15 is 0 Å². The van der Waals surface area contributed by atoms with Gasteiger partial charge in [0.05, 0.1) is 10.6 Å². The zero-order valence-electron chi connectivity index (χ0n) is 23.2. The van der Waals surface area contributed by atoms with Gasteiger partial charge in [-0.05, 0) is 74.7 Å². The molecular weight excluding hydrogens is 626 g/mol. The number of hydrogen-bond acceptors (Lipinski definition) is 4. The minimum absolute atomic E-state index is 0.0724. The number of carbonyl (C=O) groups is 2. The average Bonchev–Trinajstić information content (AvgIpc) is 2.95. The van der Waals surface area contributed by atoms with Crippen LogP contribution in [0.25, 0.3) is 0 Å². The molecule has 1 fully saturated rings. The molecule has 41 heavy (non-hydrogen) atoms. The summed E-state index contributed by atoms with van der Waals surface area (Å²) in [4.78, 5) is 29.0. The molecule has 1 aliphatic rings. The smallest absolute Gasteiger partial charge is 0.264 e. The highest BCUT2D eigenvalue weighted by Crippen LogP contribution is 2.27. The molecule has 1 N–H and O–H groups in total. The normalized spacial score (nSPS) is 14.7. The van der Waals surface area contributed by atoms with Crippen LogP contribution < -0.4 is 9.62 Å². The number of anilines is 1. The lowest BCUT2D eigenvalue weighted by Gasteiger charge is -2.33. The number of rotatable bonds is 10. The molecule has 1 saturated carbocycles. The fraction of sp³-hybridized carbons (Fsp3) is 0.355. The summed E-state index contributed by atoms with van der Waals surface area (Å²) in [6, 6.07) is 19.6. The Labute approximate surface area is 256 Å². The average molecular weight is 661 g/mol. The molecule has 3 aromatic rings. The van der Waals surface area contributed by atoms with Gasteiger partial charge in [-0.15, -0.1) is 0 Å². The first-order valence-electron chi connectivity index (χ1n) is 13.7. The summed E-state index contributed by atoms with van der Waals surface area (Å²) in [5.41, 5.74) is 2.02. The lowest BCUT2D eigenvalue weighted by atomic mass is 9.95. The first kappa shape index (κ1) is 31.1. The number of sulfonamides is 1. The molecule has 3 aromatic carbocycles. The van der Waals surface area contributed by atoms with E-state index in [1.54, 1.807) is 67.6 Å². The van der Waals surface area contributed by atoms with Crippen molar-refractivity contribution in [2.24, 2.45) is 0 Å². The molecule has 7 nitrogen and oxygen atoms in total. The van der Waals surface area contributed by atoms with Crippen LogP contribution in [0.4, 0.5) is 5.69 Å². The molecule has 0 bridgehead atoms. The van der Waals surface area contributed by atoms with Crippen molar-refractivity contribution in [2.45, 2.75) is 69.5 Å². The van der Waals surface area contributed by atoms with E-state index in [0.29, 0.717) is 15.2 Å². The largest absolute Gasteiger partial charge is 0.352 e. The van der Waals surface area contributed by atoms with E-state index < -0.39 is 28.5 Å². The molecule has 1 aliphatic carbocycles. The second-order valence-corrected chi connectivity index (χ2v) is 13.7. The molecule has 0 aliphatic heterocycles. The Hall–Kier alpha value is -2.88. The van der Waals surface area contributed by atoms with Crippen molar-refractivity contribution in [2.75, 3.05) is 10.8 Å². The molecule has 0 unspecified atom stereocenters. The summed E-state index contributed by atoms with van der Waals surface area (Å²) in [7, 11) is -4.12. The molecule has 4 rings (SSSR count). The molecule has 10 heteroatoms. The third-order valence-electron chi connectivity index (χ3n) is 7.37. The van der Waals surface area contributed by atoms with Crippen molar-refractivity contribution in [1.82, 2.24) is 10.2 Å². The van der Waals surface area contributed by atoms with Gasteiger partial charge in [0.2, 0.25) is 11.8 Å². The maximum absolute atomic E-state index is 14.1. The van der Waals surface area contributed by atoms with Gasteiger partial charge in [-0.3, -0.25) is 13.9 Å². The Morgan fingerprint density at radius 2 is 1.66 bits per heavy atom. The van der Waals surface area contributed by atoms with E-state index in [0.717, 1.165) is 47.5 Å². The van der Waals surface area contributed by atoms with Gasteiger partial charge in [-0.1, -0.05) is 82.7 Å². The van der Waals surface area contributed by atoms with Crippen LogP contribution in [-0.4, -0.2) is 43.8 Å². The van der Waals surface area contributed by atoms with Crippen molar-refractivity contribution in [3.05, 3.63) is 93.4 Å². The van der Waals surface area contributed by atoms with Crippen LogP contribution >= 0.6 is 27.5 Å². The molecule has 0 heterocycles. The van der Waals surface area contributed by atoms with Crippen LogP contribution in [0.5, 0.6) is 0 Å². The molecule has 0 aromatic heterocycles. The Kier molecular flexibility index (Phi) is 10.5. The van der Waals surface area contributed by atoms with Crippen molar-refractivity contribution in [3.8, 4) is 0 Å². The van der Waals surface area contributed by atoms with Gasteiger partial charge in [-0.25, -0.2) is 8.42 Å². The third kappa shape index (κ3) is 8.11. The number of nitrogens with zero attached hydrogens (tertiary/aromatic N) is 2. The zero-order chi connectivity index (χ0) is 29.6. The molecule has 218 valence electrons. The highest BCUT2D eigenvalue weighted by Gasteiger charge is 2.33. The van der Waals surface area contributed by atoms with Gasteiger partial charge < -0.3 is 10.2 Å². The molecule has 0 saturated heterocycles. The van der Waals surface area contributed by atoms with E-state index in [-0.39, 0.29) is 23.4 Å². The summed E-state index contributed by atoms with van der Waals surface area (Å²) in [6.07, 6.45) is 5.10. The maximum Gasteiger partial charge on any atom is 0.264 e. The molecule has 1 atom stereocenters. The van der Waals surface area contributed by atoms with Crippen molar-refractivity contribution >= 4 is 55.1 Å². The van der Waals surface area contributed by atoms with Crippen LogP contribution in [0.3, 0.4) is 0 Å². The number of carbonyl (C=O) groups excluding carboxylic acids is 2. The van der Waals surface area contributed by atoms with Crippen molar-refractivity contribution < 1.29 is 18.0 Å². The number of amides is 2. The van der Waals surface area contributed by atoms with Gasteiger partial charge in [0.1, 0.15) is 12.6 Å². The third-order valence-corrected chi connectivity index (χ3v) is 9.90. The molecule has 0 radical (unpaired) electrons. The summed E-state index contributed by atoms with van der Waals surface area (Å²) in [5.74, 6) is -0.753. The van der Waals surface area contributed by atoms with Crippen LogP contribution in [0.2, 0.25) is 5.02 Å². The first-order chi connectivity index (χ1) is 19.5. The minimum Gasteiger partial charge on any atom is -0.352 e. The summed E-state index contributed by atoms with van der Waals surface area (Å²) in [6.45, 7) is 3.19. The summed E-state index contributed by atoms with van der Waals surface area (Å²) in [5, 5.41) is 3.67.